The molecule has 0 aromatic carbocycles. The van der Waals surface area contributed by atoms with Gasteiger partial charge in [0.1, 0.15) is 12.1 Å². The topological polar surface area (TPSA) is 75.6 Å². The molecule has 4 heterocycles. The number of oxazole rings is 1. The highest BCUT2D eigenvalue weighted by Crippen LogP contribution is 2.25. The molecule has 0 unspecified atom stereocenters. The Morgan fingerprint density at radius 3 is 3.00 bits per heavy atom. The van der Waals surface area contributed by atoms with Gasteiger partial charge < -0.3 is 9.32 Å². The van der Waals surface area contributed by atoms with E-state index in [9.17, 15) is 0 Å². The lowest BCUT2D eigenvalue weighted by Gasteiger charge is -2.44. The lowest BCUT2D eigenvalue weighted by atomic mass is 10.1. The van der Waals surface area contributed by atoms with Gasteiger partial charge in [0.05, 0.1) is 5.69 Å². The molecule has 0 aliphatic carbocycles. The fourth-order valence-corrected chi connectivity index (χ4v) is 2.72. The summed E-state index contributed by atoms with van der Waals surface area (Å²) in [5.74, 6) is 1.78. The fourth-order valence-electron chi connectivity index (χ4n) is 2.72. The summed E-state index contributed by atoms with van der Waals surface area (Å²) in [6, 6.07) is 0.473. The second kappa shape index (κ2) is 5.06. The van der Waals surface area contributed by atoms with Gasteiger partial charge in [-0.25, -0.2) is 9.97 Å². The summed E-state index contributed by atoms with van der Waals surface area (Å²) >= 11 is 0. The number of nitrogens with zero attached hydrogens (tertiary/aromatic N) is 7. The van der Waals surface area contributed by atoms with Crippen molar-refractivity contribution in [3.8, 4) is 0 Å². The summed E-state index contributed by atoms with van der Waals surface area (Å²) in [5, 5.41) is 8.07. The Balaban J connectivity index is 1.43. The first-order valence-electron chi connectivity index (χ1n) is 7.21. The molecule has 0 bridgehead atoms. The van der Waals surface area contributed by atoms with Crippen LogP contribution in [-0.2, 0) is 6.54 Å². The lowest BCUT2D eigenvalue weighted by Crippen LogP contribution is -2.58. The van der Waals surface area contributed by atoms with E-state index >= 15 is 0 Å². The second-order valence-corrected chi connectivity index (χ2v) is 5.64. The molecular weight excluding hydrogens is 282 g/mol. The van der Waals surface area contributed by atoms with Crippen LogP contribution in [0.25, 0.3) is 5.65 Å². The molecule has 0 saturated carbocycles. The van der Waals surface area contributed by atoms with E-state index in [0.29, 0.717) is 6.04 Å². The van der Waals surface area contributed by atoms with E-state index in [1.807, 2.05) is 17.5 Å². The smallest absolute Gasteiger partial charge is 0.203 e. The number of aryl methyl sites for hydroxylation is 1. The number of anilines is 1. The maximum atomic E-state index is 5.25. The second-order valence-electron chi connectivity index (χ2n) is 5.64. The van der Waals surface area contributed by atoms with Crippen molar-refractivity contribution in [2.24, 2.45) is 0 Å². The molecule has 1 fully saturated rings. The molecule has 4 rings (SSSR count). The van der Waals surface area contributed by atoms with E-state index in [1.165, 1.54) is 6.39 Å². The first kappa shape index (κ1) is 13.2. The molecular formula is C14H17N7O. The van der Waals surface area contributed by atoms with Crippen LogP contribution in [0.3, 0.4) is 0 Å². The van der Waals surface area contributed by atoms with Crippen molar-refractivity contribution in [3.63, 3.8) is 0 Å². The van der Waals surface area contributed by atoms with Crippen molar-refractivity contribution in [1.29, 1.82) is 0 Å². The Morgan fingerprint density at radius 1 is 1.36 bits per heavy atom. The van der Waals surface area contributed by atoms with Gasteiger partial charge in [0.15, 0.2) is 12.2 Å². The van der Waals surface area contributed by atoms with E-state index in [1.54, 1.807) is 12.5 Å². The number of rotatable bonds is 4. The molecule has 0 spiro atoms. The Hall–Kier alpha value is -2.48. The standard InChI is InChI=1S/C14H17N7O/c1-10-12(16-9-22-10)7-19(2)11-5-21(6-11)13-14-18-17-8-20(14)4-3-15-13/h3-4,8-9,11H,5-7H2,1-2H3. The van der Waals surface area contributed by atoms with E-state index in [0.717, 1.165) is 42.6 Å². The number of aromatic nitrogens is 5. The predicted octanol–water partition coefficient (Wildman–Crippen LogP) is 0.741. The SMILES string of the molecule is Cc1ocnc1CN(C)C1CN(c2nccn3cnnc23)C1. The van der Waals surface area contributed by atoms with Crippen molar-refractivity contribution < 1.29 is 4.42 Å². The summed E-state index contributed by atoms with van der Waals surface area (Å²) in [5.41, 5.74) is 1.80. The molecule has 1 aliphatic heterocycles. The summed E-state index contributed by atoms with van der Waals surface area (Å²) in [4.78, 5) is 13.2. The van der Waals surface area contributed by atoms with Crippen molar-refractivity contribution >= 4 is 11.5 Å². The highest BCUT2D eigenvalue weighted by molar-refractivity contribution is 5.64. The Morgan fingerprint density at radius 2 is 2.23 bits per heavy atom. The Kier molecular flexibility index (Phi) is 3.04. The number of hydrogen-bond donors (Lipinski definition) is 0. The molecule has 0 atom stereocenters. The molecule has 8 nitrogen and oxygen atoms in total. The van der Waals surface area contributed by atoms with Crippen molar-refractivity contribution in [2.75, 3.05) is 25.0 Å². The van der Waals surface area contributed by atoms with Gasteiger partial charge in [0.2, 0.25) is 5.65 Å². The van der Waals surface area contributed by atoms with Gasteiger partial charge in [0, 0.05) is 38.1 Å². The fraction of sp³-hybridized carbons (Fsp3) is 0.429. The monoisotopic (exact) mass is 299 g/mol. The normalized spacial score (nSPS) is 15.7. The van der Waals surface area contributed by atoms with Crippen LogP contribution in [-0.4, -0.2) is 55.6 Å². The van der Waals surface area contributed by atoms with Crippen LogP contribution in [0.15, 0.2) is 29.5 Å². The van der Waals surface area contributed by atoms with Gasteiger partial charge in [-0.1, -0.05) is 0 Å². The van der Waals surface area contributed by atoms with Crippen molar-refractivity contribution in [3.05, 3.63) is 36.6 Å². The third-order valence-electron chi connectivity index (χ3n) is 4.23. The quantitative estimate of drug-likeness (QED) is 0.703. The maximum Gasteiger partial charge on any atom is 0.203 e. The third-order valence-corrected chi connectivity index (χ3v) is 4.23. The molecule has 0 N–H and O–H groups in total. The van der Waals surface area contributed by atoms with Crippen LogP contribution in [0.5, 0.6) is 0 Å². The Labute approximate surface area is 127 Å². The van der Waals surface area contributed by atoms with Crippen molar-refractivity contribution in [2.45, 2.75) is 19.5 Å². The zero-order valence-corrected chi connectivity index (χ0v) is 12.5. The summed E-state index contributed by atoms with van der Waals surface area (Å²) in [6.45, 7) is 4.59. The average molecular weight is 299 g/mol. The number of hydrogen-bond acceptors (Lipinski definition) is 7. The van der Waals surface area contributed by atoms with E-state index in [-0.39, 0.29) is 0 Å². The molecule has 1 saturated heterocycles. The summed E-state index contributed by atoms with van der Waals surface area (Å²) in [7, 11) is 2.11. The average Bonchev–Trinajstić information content (AvgIpc) is 3.07. The predicted molar refractivity (Wildman–Crippen MR) is 79.5 cm³/mol. The first-order valence-corrected chi connectivity index (χ1v) is 7.21. The van der Waals surface area contributed by atoms with E-state index in [2.05, 4.69) is 37.0 Å². The third kappa shape index (κ3) is 2.12. The summed E-state index contributed by atoms with van der Waals surface area (Å²) in [6.07, 6.45) is 6.83. The van der Waals surface area contributed by atoms with Gasteiger partial charge >= 0.3 is 0 Å². The van der Waals surface area contributed by atoms with Crippen LogP contribution in [0.4, 0.5) is 5.82 Å². The molecule has 3 aromatic heterocycles. The zero-order valence-electron chi connectivity index (χ0n) is 12.5. The van der Waals surface area contributed by atoms with Crippen LogP contribution in [0.1, 0.15) is 11.5 Å². The molecule has 0 amide bonds. The van der Waals surface area contributed by atoms with Crippen molar-refractivity contribution in [1.82, 2.24) is 29.5 Å². The van der Waals surface area contributed by atoms with Gasteiger partial charge in [-0.2, -0.15) is 0 Å². The van der Waals surface area contributed by atoms with Crippen LogP contribution < -0.4 is 4.90 Å². The minimum Gasteiger partial charge on any atom is -0.448 e. The van der Waals surface area contributed by atoms with Gasteiger partial charge in [-0.3, -0.25) is 9.30 Å². The largest absolute Gasteiger partial charge is 0.448 e. The lowest BCUT2D eigenvalue weighted by molar-refractivity contribution is 0.194. The van der Waals surface area contributed by atoms with Gasteiger partial charge in [0.25, 0.3) is 0 Å². The molecule has 22 heavy (non-hydrogen) atoms. The van der Waals surface area contributed by atoms with E-state index < -0.39 is 0 Å². The minimum atomic E-state index is 0.473. The molecule has 8 heteroatoms. The maximum absolute atomic E-state index is 5.25. The molecule has 3 aromatic rings. The first-order chi connectivity index (χ1) is 10.7. The number of fused-ring (bicyclic) bond motifs is 1. The highest BCUT2D eigenvalue weighted by atomic mass is 16.3. The van der Waals surface area contributed by atoms with Crippen LogP contribution in [0, 0.1) is 6.92 Å². The summed E-state index contributed by atoms with van der Waals surface area (Å²) < 4.78 is 7.14. The molecule has 0 radical (unpaired) electrons. The van der Waals surface area contributed by atoms with Crippen LogP contribution >= 0.6 is 0 Å². The van der Waals surface area contributed by atoms with E-state index in [4.69, 9.17) is 4.42 Å². The highest BCUT2D eigenvalue weighted by Gasteiger charge is 2.32. The molecule has 114 valence electrons. The Bertz CT molecular complexity index is 789. The zero-order chi connectivity index (χ0) is 15.1. The number of likely N-dealkylation sites (N-methyl/N-ethyl adjacent to an activating group) is 1. The molecule has 1 aliphatic rings. The van der Waals surface area contributed by atoms with Gasteiger partial charge in [-0.05, 0) is 14.0 Å². The minimum absolute atomic E-state index is 0.473. The van der Waals surface area contributed by atoms with Crippen LogP contribution in [0.2, 0.25) is 0 Å². The van der Waals surface area contributed by atoms with Gasteiger partial charge in [-0.15, -0.1) is 10.2 Å².